The lowest BCUT2D eigenvalue weighted by Gasteiger charge is -2.09. The van der Waals surface area contributed by atoms with E-state index in [2.05, 4.69) is 5.32 Å². The molecule has 2 aromatic carbocycles. The molecule has 0 unspecified atom stereocenters. The third-order valence-corrected chi connectivity index (χ3v) is 2.61. The van der Waals surface area contributed by atoms with Gasteiger partial charge in [0.15, 0.2) is 0 Å². The maximum Gasteiger partial charge on any atom is 0.259 e. The van der Waals surface area contributed by atoms with Gasteiger partial charge in [0.05, 0.1) is 5.56 Å². The van der Waals surface area contributed by atoms with Crippen molar-refractivity contribution in [3.05, 3.63) is 53.6 Å². The third kappa shape index (κ3) is 2.43. The molecule has 0 aliphatic rings. The summed E-state index contributed by atoms with van der Waals surface area (Å²) in [6, 6.07) is 11.0. The molecule has 0 radical (unpaired) electrons. The summed E-state index contributed by atoms with van der Waals surface area (Å²) in [7, 11) is 0. The SMILES string of the molecule is Cc1cc(O)ccc1NC(=O)c1ccccc1O. The predicted octanol–water partition coefficient (Wildman–Crippen LogP) is 2.66. The number of hydrogen-bond donors (Lipinski definition) is 3. The molecular formula is C14H13NO3. The molecule has 4 heteroatoms. The normalized spacial score (nSPS) is 10.1. The van der Waals surface area contributed by atoms with Gasteiger partial charge in [-0.3, -0.25) is 4.79 Å². The number of hydrogen-bond acceptors (Lipinski definition) is 3. The molecule has 0 fully saturated rings. The topological polar surface area (TPSA) is 69.6 Å². The Bertz CT molecular complexity index is 593. The van der Waals surface area contributed by atoms with Crippen LogP contribution in [0.15, 0.2) is 42.5 Å². The van der Waals surface area contributed by atoms with Gasteiger partial charge in [0, 0.05) is 5.69 Å². The second-order valence-corrected chi connectivity index (χ2v) is 3.97. The quantitative estimate of drug-likeness (QED) is 0.710. The van der Waals surface area contributed by atoms with Crippen LogP contribution in [-0.4, -0.2) is 16.1 Å². The molecule has 92 valence electrons. The number of aromatic hydroxyl groups is 2. The van der Waals surface area contributed by atoms with E-state index in [1.807, 2.05) is 0 Å². The Kier molecular flexibility index (Phi) is 3.19. The lowest BCUT2D eigenvalue weighted by Crippen LogP contribution is -2.12. The second kappa shape index (κ2) is 4.79. The van der Waals surface area contributed by atoms with E-state index < -0.39 is 0 Å². The smallest absolute Gasteiger partial charge is 0.259 e. The summed E-state index contributed by atoms with van der Waals surface area (Å²) < 4.78 is 0. The highest BCUT2D eigenvalue weighted by atomic mass is 16.3. The molecule has 0 bridgehead atoms. The van der Waals surface area contributed by atoms with Crippen molar-refractivity contribution in [2.24, 2.45) is 0 Å². The van der Waals surface area contributed by atoms with Crippen LogP contribution in [0, 0.1) is 6.92 Å². The van der Waals surface area contributed by atoms with E-state index in [0.29, 0.717) is 5.69 Å². The van der Waals surface area contributed by atoms with Gasteiger partial charge in [-0.25, -0.2) is 0 Å². The van der Waals surface area contributed by atoms with Crippen molar-refractivity contribution in [2.75, 3.05) is 5.32 Å². The van der Waals surface area contributed by atoms with Crippen molar-refractivity contribution in [1.82, 2.24) is 0 Å². The summed E-state index contributed by atoms with van der Waals surface area (Å²) in [6.07, 6.45) is 0. The standard InChI is InChI=1S/C14H13NO3/c1-9-8-10(16)6-7-12(9)15-14(18)11-4-2-3-5-13(11)17/h2-8,16-17H,1H3,(H,15,18). The minimum atomic E-state index is -0.387. The van der Waals surface area contributed by atoms with Crippen LogP contribution in [0.25, 0.3) is 0 Å². The lowest BCUT2D eigenvalue weighted by atomic mass is 10.1. The number of carbonyl (C=O) groups excluding carboxylic acids is 1. The number of anilines is 1. The fourth-order valence-electron chi connectivity index (χ4n) is 1.64. The van der Waals surface area contributed by atoms with Crippen molar-refractivity contribution < 1.29 is 15.0 Å². The molecule has 3 N–H and O–H groups in total. The summed E-state index contributed by atoms with van der Waals surface area (Å²) >= 11 is 0. The molecule has 2 rings (SSSR count). The zero-order valence-electron chi connectivity index (χ0n) is 9.84. The molecular weight excluding hydrogens is 230 g/mol. The number of carbonyl (C=O) groups is 1. The number of aryl methyl sites for hydroxylation is 1. The van der Waals surface area contributed by atoms with Crippen LogP contribution in [-0.2, 0) is 0 Å². The van der Waals surface area contributed by atoms with Crippen molar-refractivity contribution in [3.63, 3.8) is 0 Å². The van der Waals surface area contributed by atoms with E-state index in [0.717, 1.165) is 5.56 Å². The first-order chi connectivity index (χ1) is 8.58. The minimum Gasteiger partial charge on any atom is -0.508 e. The molecule has 0 atom stereocenters. The Morgan fingerprint density at radius 3 is 2.50 bits per heavy atom. The molecule has 0 aliphatic carbocycles. The van der Waals surface area contributed by atoms with Crippen molar-refractivity contribution >= 4 is 11.6 Å². The Morgan fingerprint density at radius 1 is 1.11 bits per heavy atom. The third-order valence-electron chi connectivity index (χ3n) is 2.61. The average molecular weight is 243 g/mol. The van der Waals surface area contributed by atoms with E-state index in [1.165, 1.54) is 12.1 Å². The number of para-hydroxylation sites is 1. The van der Waals surface area contributed by atoms with Gasteiger partial charge >= 0.3 is 0 Å². The minimum absolute atomic E-state index is 0.0635. The monoisotopic (exact) mass is 243 g/mol. The van der Waals surface area contributed by atoms with Gasteiger partial charge in [-0.05, 0) is 42.8 Å². The maximum atomic E-state index is 11.9. The Balaban J connectivity index is 2.24. The molecule has 18 heavy (non-hydrogen) atoms. The van der Waals surface area contributed by atoms with Crippen LogP contribution in [0.5, 0.6) is 11.5 Å². The van der Waals surface area contributed by atoms with Gasteiger partial charge in [0.25, 0.3) is 5.91 Å². The fourth-order valence-corrected chi connectivity index (χ4v) is 1.64. The van der Waals surface area contributed by atoms with Crippen LogP contribution in [0.1, 0.15) is 15.9 Å². The number of nitrogens with one attached hydrogen (secondary N) is 1. The molecule has 2 aromatic rings. The molecule has 0 spiro atoms. The summed E-state index contributed by atoms with van der Waals surface area (Å²) in [5.41, 5.74) is 1.56. The number of amides is 1. The van der Waals surface area contributed by atoms with Crippen molar-refractivity contribution in [3.8, 4) is 11.5 Å². The average Bonchev–Trinajstić information content (AvgIpc) is 2.33. The van der Waals surface area contributed by atoms with Gasteiger partial charge in [-0.2, -0.15) is 0 Å². The first-order valence-electron chi connectivity index (χ1n) is 5.47. The van der Waals surface area contributed by atoms with E-state index >= 15 is 0 Å². The van der Waals surface area contributed by atoms with E-state index in [-0.39, 0.29) is 23.0 Å². The second-order valence-electron chi connectivity index (χ2n) is 3.97. The predicted molar refractivity (Wildman–Crippen MR) is 68.9 cm³/mol. The number of rotatable bonds is 2. The lowest BCUT2D eigenvalue weighted by molar-refractivity contribution is 0.102. The zero-order valence-corrected chi connectivity index (χ0v) is 9.84. The molecule has 0 saturated carbocycles. The Morgan fingerprint density at radius 2 is 1.83 bits per heavy atom. The van der Waals surface area contributed by atoms with Crippen molar-refractivity contribution in [2.45, 2.75) is 6.92 Å². The summed E-state index contributed by atoms with van der Waals surface area (Å²) in [5.74, 6) is -0.304. The first-order valence-corrected chi connectivity index (χ1v) is 5.47. The van der Waals surface area contributed by atoms with E-state index in [4.69, 9.17) is 0 Å². The Labute approximate surface area is 105 Å². The highest BCUT2D eigenvalue weighted by Gasteiger charge is 2.11. The molecule has 4 nitrogen and oxygen atoms in total. The van der Waals surface area contributed by atoms with Crippen LogP contribution < -0.4 is 5.32 Å². The zero-order chi connectivity index (χ0) is 13.1. The van der Waals surface area contributed by atoms with Gasteiger partial charge < -0.3 is 15.5 Å². The number of phenolic OH excluding ortho intramolecular Hbond substituents is 2. The highest BCUT2D eigenvalue weighted by molar-refractivity contribution is 6.06. The number of benzene rings is 2. The fraction of sp³-hybridized carbons (Fsp3) is 0.0714. The summed E-state index contributed by atoms with van der Waals surface area (Å²) in [6.45, 7) is 1.78. The first kappa shape index (κ1) is 12.0. The van der Waals surface area contributed by atoms with Crippen LogP contribution in [0.2, 0.25) is 0 Å². The van der Waals surface area contributed by atoms with Crippen LogP contribution in [0.3, 0.4) is 0 Å². The van der Waals surface area contributed by atoms with Gasteiger partial charge in [-0.1, -0.05) is 12.1 Å². The van der Waals surface area contributed by atoms with E-state index in [1.54, 1.807) is 37.3 Å². The van der Waals surface area contributed by atoms with Gasteiger partial charge in [0.2, 0.25) is 0 Å². The molecule has 0 heterocycles. The van der Waals surface area contributed by atoms with Gasteiger partial charge in [-0.15, -0.1) is 0 Å². The highest BCUT2D eigenvalue weighted by Crippen LogP contribution is 2.22. The van der Waals surface area contributed by atoms with Gasteiger partial charge in [0.1, 0.15) is 11.5 Å². The molecule has 0 aromatic heterocycles. The summed E-state index contributed by atoms with van der Waals surface area (Å²) in [4.78, 5) is 11.9. The number of phenols is 2. The maximum absolute atomic E-state index is 11.9. The molecule has 1 amide bonds. The van der Waals surface area contributed by atoms with Crippen molar-refractivity contribution in [1.29, 1.82) is 0 Å². The largest absolute Gasteiger partial charge is 0.508 e. The molecule has 0 saturated heterocycles. The van der Waals surface area contributed by atoms with E-state index in [9.17, 15) is 15.0 Å². The summed E-state index contributed by atoms with van der Waals surface area (Å²) in [5, 5.41) is 21.5. The Hall–Kier alpha value is -2.49. The van der Waals surface area contributed by atoms with Crippen LogP contribution >= 0.6 is 0 Å². The van der Waals surface area contributed by atoms with Crippen LogP contribution in [0.4, 0.5) is 5.69 Å². The molecule has 0 aliphatic heterocycles.